The summed E-state index contributed by atoms with van der Waals surface area (Å²) in [5, 5.41) is 12.3. The van der Waals surface area contributed by atoms with Gasteiger partial charge in [-0.1, -0.05) is 42.2 Å². The molecule has 1 N–H and O–H groups in total. The Hall–Kier alpha value is -1.64. The van der Waals surface area contributed by atoms with Gasteiger partial charge in [0.05, 0.1) is 5.25 Å². The fourth-order valence-electron chi connectivity index (χ4n) is 2.90. The van der Waals surface area contributed by atoms with Crippen molar-refractivity contribution in [2.75, 3.05) is 38.0 Å². The molecular formula is C18H25N5OS2. The SMILES string of the molecule is CCN1CCN(C(=O)[C@H](C)Sc2nnc(Nc3cccc(C)c3)s2)CC1. The lowest BCUT2D eigenvalue weighted by molar-refractivity contribution is -0.132. The van der Waals surface area contributed by atoms with E-state index in [4.69, 9.17) is 0 Å². The average Bonchev–Trinajstić information content (AvgIpc) is 3.08. The zero-order valence-electron chi connectivity index (χ0n) is 15.4. The number of amides is 1. The van der Waals surface area contributed by atoms with Gasteiger partial charge < -0.3 is 15.1 Å². The second kappa shape index (κ2) is 8.83. The maximum absolute atomic E-state index is 12.7. The number of aryl methyl sites for hydroxylation is 1. The Bertz CT molecular complexity index is 743. The van der Waals surface area contributed by atoms with Gasteiger partial charge in [0, 0.05) is 31.9 Å². The fraction of sp³-hybridized carbons (Fsp3) is 0.500. The van der Waals surface area contributed by atoms with Crippen molar-refractivity contribution in [2.45, 2.75) is 30.4 Å². The van der Waals surface area contributed by atoms with Crippen LogP contribution in [0.2, 0.25) is 0 Å². The minimum atomic E-state index is -0.150. The maximum atomic E-state index is 12.7. The lowest BCUT2D eigenvalue weighted by atomic mass is 10.2. The highest BCUT2D eigenvalue weighted by Gasteiger charge is 2.25. The number of benzene rings is 1. The normalized spacial score (nSPS) is 16.5. The number of thioether (sulfide) groups is 1. The average molecular weight is 392 g/mol. The molecule has 2 heterocycles. The molecule has 0 unspecified atom stereocenters. The molecule has 1 aromatic carbocycles. The molecule has 0 bridgehead atoms. The topological polar surface area (TPSA) is 61.4 Å². The molecule has 6 nitrogen and oxygen atoms in total. The van der Waals surface area contributed by atoms with Crippen molar-refractivity contribution in [3.8, 4) is 0 Å². The summed E-state index contributed by atoms with van der Waals surface area (Å²) in [6.07, 6.45) is 0. The molecule has 1 aliphatic rings. The molecule has 0 radical (unpaired) electrons. The molecule has 0 saturated carbocycles. The molecule has 0 aliphatic carbocycles. The van der Waals surface area contributed by atoms with Crippen molar-refractivity contribution < 1.29 is 4.79 Å². The Kier molecular flexibility index (Phi) is 6.50. The number of rotatable bonds is 6. The minimum Gasteiger partial charge on any atom is -0.339 e. The quantitative estimate of drug-likeness (QED) is 0.763. The van der Waals surface area contributed by atoms with Gasteiger partial charge in [0.25, 0.3) is 0 Å². The number of likely N-dealkylation sites (N-methyl/N-ethyl adjacent to an activating group) is 1. The van der Waals surface area contributed by atoms with E-state index in [9.17, 15) is 4.79 Å². The van der Waals surface area contributed by atoms with Crippen LogP contribution in [0, 0.1) is 6.92 Å². The first-order chi connectivity index (χ1) is 12.5. The van der Waals surface area contributed by atoms with Gasteiger partial charge in [-0.3, -0.25) is 4.79 Å². The first kappa shape index (κ1) is 19.1. The van der Waals surface area contributed by atoms with Crippen LogP contribution in [-0.2, 0) is 4.79 Å². The molecule has 26 heavy (non-hydrogen) atoms. The van der Waals surface area contributed by atoms with E-state index in [0.717, 1.165) is 47.9 Å². The summed E-state index contributed by atoms with van der Waals surface area (Å²) in [6, 6.07) is 8.13. The molecule has 8 heteroatoms. The number of hydrogen-bond acceptors (Lipinski definition) is 7. The number of hydrogen-bond donors (Lipinski definition) is 1. The van der Waals surface area contributed by atoms with Crippen molar-refractivity contribution in [3.63, 3.8) is 0 Å². The van der Waals surface area contributed by atoms with Crippen LogP contribution in [0.3, 0.4) is 0 Å². The van der Waals surface area contributed by atoms with Crippen LogP contribution < -0.4 is 5.32 Å². The zero-order chi connectivity index (χ0) is 18.5. The number of aromatic nitrogens is 2. The summed E-state index contributed by atoms with van der Waals surface area (Å²) in [7, 11) is 0. The molecule has 1 aliphatic heterocycles. The van der Waals surface area contributed by atoms with E-state index in [0.29, 0.717) is 0 Å². The van der Waals surface area contributed by atoms with Crippen molar-refractivity contribution in [2.24, 2.45) is 0 Å². The third-order valence-corrected chi connectivity index (χ3v) is 6.44. The Morgan fingerprint density at radius 1 is 1.31 bits per heavy atom. The molecule has 0 spiro atoms. The Labute approximate surface area is 163 Å². The molecule has 140 valence electrons. The Morgan fingerprint density at radius 3 is 2.77 bits per heavy atom. The number of anilines is 2. The maximum Gasteiger partial charge on any atom is 0.235 e. The summed E-state index contributed by atoms with van der Waals surface area (Å²) in [4.78, 5) is 17.0. The van der Waals surface area contributed by atoms with Gasteiger partial charge in [0.1, 0.15) is 0 Å². The van der Waals surface area contributed by atoms with Gasteiger partial charge in [-0.05, 0) is 38.1 Å². The summed E-state index contributed by atoms with van der Waals surface area (Å²) in [5.74, 6) is 0.189. The van der Waals surface area contributed by atoms with E-state index in [1.54, 1.807) is 0 Å². The third kappa shape index (κ3) is 4.96. The summed E-state index contributed by atoms with van der Waals surface area (Å²) < 4.78 is 0.813. The highest BCUT2D eigenvalue weighted by molar-refractivity contribution is 8.02. The zero-order valence-corrected chi connectivity index (χ0v) is 17.1. The number of nitrogens with zero attached hydrogens (tertiary/aromatic N) is 4. The lowest BCUT2D eigenvalue weighted by Gasteiger charge is -2.35. The molecular weight excluding hydrogens is 366 g/mol. The van der Waals surface area contributed by atoms with Crippen molar-refractivity contribution in [1.29, 1.82) is 0 Å². The van der Waals surface area contributed by atoms with Crippen molar-refractivity contribution in [3.05, 3.63) is 29.8 Å². The lowest BCUT2D eigenvalue weighted by Crippen LogP contribution is -2.50. The summed E-state index contributed by atoms with van der Waals surface area (Å²) in [6.45, 7) is 10.8. The van der Waals surface area contributed by atoms with E-state index >= 15 is 0 Å². The molecule has 1 fully saturated rings. The highest BCUT2D eigenvalue weighted by Crippen LogP contribution is 2.31. The van der Waals surface area contributed by atoms with E-state index in [1.807, 2.05) is 24.0 Å². The summed E-state index contributed by atoms with van der Waals surface area (Å²) >= 11 is 2.97. The number of nitrogens with one attached hydrogen (secondary N) is 1. The van der Waals surface area contributed by atoms with Crippen LogP contribution in [0.5, 0.6) is 0 Å². The van der Waals surface area contributed by atoms with Gasteiger partial charge in [-0.15, -0.1) is 10.2 Å². The standard InChI is InChI=1S/C18H25N5OS2/c1-4-22-8-10-23(11-9-22)16(24)14(3)25-18-21-20-17(26-18)19-15-7-5-6-13(2)12-15/h5-7,12,14H,4,8-11H2,1-3H3,(H,19,20)/t14-/m0/s1. The first-order valence-corrected chi connectivity index (χ1v) is 10.6. The molecule has 1 atom stereocenters. The molecule has 1 amide bonds. The van der Waals surface area contributed by atoms with Crippen LogP contribution in [0.15, 0.2) is 28.6 Å². The Balaban J connectivity index is 1.54. The predicted molar refractivity (Wildman–Crippen MR) is 108 cm³/mol. The summed E-state index contributed by atoms with van der Waals surface area (Å²) in [5.41, 5.74) is 2.19. The van der Waals surface area contributed by atoms with Crippen LogP contribution in [0.4, 0.5) is 10.8 Å². The van der Waals surface area contributed by atoms with Crippen LogP contribution in [0.25, 0.3) is 0 Å². The van der Waals surface area contributed by atoms with Crippen LogP contribution >= 0.6 is 23.1 Å². The second-order valence-electron chi connectivity index (χ2n) is 6.39. The highest BCUT2D eigenvalue weighted by atomic mass is 32.2. The Morgan fingerprint density at radius 2 is 2.08 bits per heavy atom. The number of carbonyl (C=O) groups excluding carboxylic acids is 1. The monoisotopic (exact) mass is 391 g/mol. The first-order valence-electron chi connectivity index (χ1n) is 8.90. The van der Waals surface area contributed by atoms with Gasteiger partial charge in [-0.2, -0.15) is 0 Å². The largest absolute Gasteiger partial charge is 0.339 e. The smallest absolute Gasteiger partial charge is 0.235 e. The molecule has 2 aromatic rings. The number of carbonyl (C=O) groups is 1. The van der Waals surface area contributed by atoms with Crippen LogP contribution in [-0.4, -0.2) is 63.9 Å². The van der Waals surface area contributed by atoms with Crippen molar-refractivity contribution >= 4 is 39.8 Å². The van der Waals surface area contributed by atoms with Crippen LogP contribution in [0.1, 0.15) is 19.4 Å². The van der Waals surface area contributed by atoms with Gasteiger partial charge in [-0.25, -0.2) is 0 Å². The van der Waals surface area contributed by atoms with Gasteiger partial charge in [0.2, 0.25) is 11.0 Å². The fourth-order valence-corrected chi connectivity index (χ4v) is 4.90. The predicted octanol–water partition coefficient (Wildman–Crippen LogP) is 3.23. The van der Waals surface area contributed by atoms with Crippen molar-refractivity contribution in [1.82, 2.24) is 20.0 Å². The molecule has 1 aromatic heterocycles. The van der Waals surface area contributed by atoms with E-state index in [1.165, 1.54) is 28.7 Å². The third-order valence-electron chi connectivity index (χ3n) is 4.43. The van der Waals surface area contributed by atoms with Gasteiger partial charge in [0.15, 0.2) is 4.34 Å². The van der Waals surface area contributed by atoms with E-state index in [-0.39, 0.29) is 11.2 Å². The molecule has 1 saturated heterocycles. The minimum absolute atomic E-state index is 0.150. The number of piperazine rings is 1. The van der Waals surface area contributed by atoms with E-state index < -0.39 is 0 Å². The van der Waals surface area contributed by atoms with Gasteiger partial charge >= 0.3 is 0 Å². The van der Waals surface area contributed by atoms with E-state index in [2.05, 4.69) is 46.4 Å². The molecule has 3 rings (SSSR count). The second-order valence-corrected chi connectivity index (χ2v) is 8.95.